The number of rotatable bonds is 6. The Hall–Kier alpha value is 0. The Morgan fingerprint density at radius 3 is 2.00 bits per heavy atom. The number of hydrogen-bond acceptors (Lipinski definition) is 0. The molecule has 0 saturated heterocycles. The van der Waals surface area contributed by atoms with Crippen molar-refractivity contribution in [2.45, 2.75) is 59.8 Å². The van der Waals surface area contributed by atoms with Crippen LogP contribution in [0.2, 0.25) is 0 Å². The highest BCUT2D eigenvalue weighted by Crippen LogP contribution is 2.52. The third-order valence-electron chi connectivity index (χ3n) is 4.15. The second-order valence-electron chi connectivity index (χ2n) is 4.96. The lowest BCUT2D eigenvalue weighted by Crippen LogP contribution is -2.03. The number of unbranched alkanes of at least 4 members (excludes halogenated alkanes) is 2. The number of hydrogen-bond donors (Lipinski definition) is 0. The standard InChI is InChI=1S/C13H26/c1-5-7-8-9-12(6-2)13-10(3)11(13)4/h10-13H,5-9H2,1-4H3. The molecule has 1 saturated carbocycles. The maximum absolute atomic E-state index is 2.43. The van der Waals surface area contributed by atoms with Crippen molar-refractivity contribution in [2.75, 3.05) is 0 Å². The Kier molecular flexibility index (Phi) is 4.28. The predicted octanol–water partition coefficient (Wildman–Crippen LogP) is 4.49. The summed E-state index contributed by atoms with van der Waals surface area (Å²) in [6.45, 7) is 9.52. The van der Waals surface area contributed by atoms with Gasteiger partial charge in [0.2, 0.25) is 0 Å². The fourth-order valence-electron chi connectivity index (χ4n) is 2.88. The SMILES string of the molecule is CCCCCC(CC)C1C(C)C1C. The second kappa shape index (κ2) is 5.02. The average Bonchev–Trinajstić information content (AvgIpc) is 2.70. The van der Waals surface area contributed by atoms with Gasteiger partial charge in [0.1, 0.15) is 0 Å². The summed E-state index contributed by atoms with van der Waals surface area (Å²) in [4.78, 5) is 0. The molecule has 0 aromatic heterocycles. The Labute approximate surface area is 84.1 Å². The molecule has 0 amide bonds. The molecule has 0 heterocycles. The van der Waals surface area contributed by atoms with Gasteiger partial charge < -0.3 is 0 Å². The molecule has 0 heteroatoms. The normalized spacial score (nSPS) is 34.6. The van der Waals surface area contributed by atoms with Crippen LogP contribution in [0.4, 0.5) is 0 Å². The highest BCUT2D eigenvalue weighted by Gasteiger charge is 2.46. The average molecular weight is 182 g/mol. The molecular formula is C13H26. The van der Waals surface area contributed by atoms with Gasteiger partial charge in [-0.15, -0.1) is 0 Å². The van der Waals surface area contributed by atoms with E-state index in [9.17, 15) is 0 Å². The smallest absolute Gasteiger partial charge is 0.0329 e. The quantitative estimate of drug-likeness (QED) is 0.531. The van der Waals surface area contributed by atoms with Gasteiger partial charge in [-0.3, -0.25) is 0 Å². The topological polar surface area (TPSA) is 0 Å². The van der Waals surface area contributed by atoms with Crippen molar-refractivity contribution in [3.05, 3.63) is 0 Å². The lowest BCUT2D eigenvalue weighted by Gasteiger charge is -2.14. The molecule has 0 bridgehead atoms. The third-order valence-corrected chi connectivity index (χ3v) is 4.15. The van der Waals surface area contributed by atoms with E-state index in [1.807, 2.05) is 0 Å². The molecule has 0 radical (unpaired) electrons. The molecule has 1 rings (SSSR count). The fraction of sp³-hybridized carbons (Fsp3) is 1.00. The van der Waals surface area contributed by atoms with Crippen LogP contribution in [0.25, 0.3) is 0 Å². The van der Waals surface area contributed by atoms with Gasteiger partial charge in [-0.25, -0.2) is 0 Å². The monoisotopic (exact) mass is 182 g/mol. The van der Waals surface area contributed by atoms with Crippen molar-refractivity contribution in [1.82, 2.24) is 0 Å². The summed E-state index contributed by atoms with van der Waals surface area (Å²) in [6, 6.07) is 0. The highest BCUT2D eigenvalue weighted by atomic mass is 14.5. The fourth-order valence-corrected chi connectivity index (χ4v) is 2.88. The summed E-state index contributed by atoms with van der Waals surface area (Å²) in [5.74, 6) is 4.15. The molecule has 13 heavy (non-hydrogen) atoms. The minimum absolute atomic E-state index is 1.02. The Morgan fingerprint density at radius 2 is 1.62 bits per heavy atom. The van der Waals surface area contributed by atoms with Gasteiger partial charge in [0.15, 0.2) is 0 Å². The molecule has 0 N–H and O–H groups in total. The first-order valence-electron chi connectivity index (χ1n) is 6.22. The van der Waals surface area contributed by atoms with Gasteiger partial charge in [-0.05, 0) is 23.7 Å². The van der Waals surface area contributed by atoms with Crippen molar-refractivity contribution < 1.29 is 0 Å². The Balaban J connectivity index is 2.20. The molecule has 1 aliphatic rings. The maximum atomic E-state index is 2.43. The van der Waals surface area contributed by atoms with E-state index in [1.54, 1.807) is 0 Å². The van der Waals surface area contributed by atoms with Crippen LogP contribution in [0.15, 0.2) is 0 Å². The van der Waals surface area contributed by atoms with Crippen LogP contribution in [-0.4, -0.2) is 0 Å². The molecule has 1 fully saturated rings. The first-order valence-corrected chi connectivity index (χ1v) is 6.22. The molecule has 0 spiro atoms. The zero-order valence-electron chi connectivity index (χ0n) is 9.84. The van der Waals surface area contributed by atoms with Crippen LogP contribution >= 0.6 is 0 Å². The van der Waals surface area contributed by atoms with Crippen LogP contribution in [0, 0.1) is 23.7 Å². The zero-order chi connectivity index (χ0) is 9.84. The first-order chi connectivity index (χ1) is 6.22. The van der Waals surface area contributed by atoms with Gasteiger partial charge in [0.05, 0.1) is 0 Å². The molecule has 0 aromatic carbocycles. The minimum Gasteiger partial charge on any atom is -0.0654 e. The summed E-state index contributed by atoms with van der Waals surface area (Å²) < 4.78 is 0. The molecule has 0 nitrogen and oxygen atoms in total. The van der Waals surface area contributed by atoms with Gasteiger partial charge in [-0.2, -0.15) is 0 Å². The van der Waals surface area contributed by atoms with Crippen LogP contribution in [0.1, 0.15) is 59.8 Å². The van der Waals surface area contributed by atoms with Crippen molar-refractivity contribution in [3.63, 3.8) is 0 Å². The van der Waals surface area contributed by atoms with Crippen molar-refractivity contribution in [3.8, 4) is 0 Å². The summed E-state index contributed by atoms with van der Waals surface area (Å²) in [7, 11) is 0. The molecule has 0 aromatic rings. The van der Waals surface area contributed by atoms with Gasteiger partial charge in [0, 0.05) is 0 Å². The predicted molar refractivity (Wildman–Crippen MR) is 59.7 cm³/mol. The molecule has 3 unspecified atom stereocenters. The van der Waals surface area contributed by atoms with Crippen molar-refractivity contribution >= 4 is 0 Å². The molecule has 1 aliphatic carbocycles. The summed E-state index contributed by atoms with van der Waals surface area (Å²) in [6.07, 6.45) is 7.16. The lowest BCUT2D eigenvalue weighted by atomic mass is 9.92. The van der Waals surface area contributed by atoms with Gasteiger partial charge in [0.25, 0.3) is 0 Å². The van der Waals surface area contributed by atoms with E-state index in [-0.39, 0.29) is 0 Å². The molecule has 78 valence electrons. The zero-order valence-corrected chi connectivity index (χ0v) is 9.84. The highest BCUT2D eigenvalue weighted by molar-refractivity contribution is 4.94. The van der Waals surface area contributed by atoms with E-state index in [0.717, 1.165) is 23.7 Å². The van der Waals surface area contributed by atoms with E-state index in [2.05, 4.69) is 27.7 Å². The maximum Gasteiger partial charge on any atom is -0.0329 e. The van der Waals surface area contributed by atoms with E-state index in [1.165, 1.54) is 32.1 Å². The molecule has 3 atom stereocenters. The van der Waals surface area contributed by atoms with E-state index < -0.39 is 0 Å². The molecular weight excluding hydrogens is 156 g/mol. The molecule has 0 aliphatic heterocycles. The van der Waals surface area contributed by atoms with Crippen LogP contribution < -0.4 is 0 Å². The first kappa shape index (κ1) is 11.1. The largest absolute Gasteiger partial charge is 0.0654 e. The summed E-state index contributed by atoms with van der Waals surface area (Å²) >= 11 is 0. The van der Waals surface area contributed by atoms with Crippen LogP contribution in [-0.2, 0) is 0 Å². The van der Waals surface area contributed by atoms with Crippen LogP contribution in [0.3, 0.4) is 0 Å². The Morgan fingerprint density at radius 1 is 1.00 bits per heavy atom. The van der Waals surface area contributed by atoms with E-state index in [0.29, 0.717) is 0 Å². The van der Waals surface area contributed by atoms with Crippen molar-refractivity contribution in [2.24, 2.45) is 23.7 Å². The van der Waals surface area contributed by atoms with E-state index in [4.69, 9.17) is 0 Å². The van der Waals surface area contributed by atoms with Crippen LogP contribution in [0.5, 0.6) is 0 Å². The third kappa shape index (κ3) is 2.72. The second-order valence-corrected chi connectivity index (χ2v) is 4.96. The summed E-state index contributed by atoms with van der Waals surface area (Å²) in [5.41, 5.74) is 0. The van der Waals surface area contributed by atoms with Gasteiger partial charge >= 0.3 is 0 Å². The van der Waals surface area contributed by atoms with E-state index >= 15 is 0 Å². The van der Waals surface area contributed by atoms with Gasteiger partial charge in [-0.1, -0.05) is 59.8 Å². The minimum atomic E-state index is 1.02. The Bertz CT molecular complexity index is 131. The van der Waals surface area contributed by atoms with Crippen molar-refractivity contribution in [1.29, 1.82) is 0 Å². The lowest BCUT2D eigenvalue weighted by molar-refractivity contribution is 0.372. The summed E-state index contributed by atoms with van der Waals surface area (Å²) in [5, 5.41) is 0.